The number of aromatic nitrogens is 1. The second-order valence-electron chi connectivity index (χ2n) is 5.13. The van der Waals surface area contributed by atoms with Crippen molar-refractivity contribution in [3.05, 3.63) is 36.0 Å². The maximum atomic E-state index is 12.1. The van der Waals surface area contributed by atoms with Crippen LogP contribution in [-0.4, -0.2) is 29.4 Å². The highest BCUT2D eigenvalue weighted by Crippen LogP contribution is 2.20. The van der Waals surface area contributed by atoms with Gasteiger partial charge in [-0.1, -0.05) is 18.2 Å². The van der Waals surface area contributed by atoms with Crippen LogP contribution in [0.4, 0.5) is 5.69 Å². The summed E-state index contributed by atoms with van der Waals surface area (Å²) < 4.78 is 0. The second kappa shape index (κ2) is 5.40. The Bertz CT molecular complexity index is 714. The molecule has 1 atom stereocenters. The minimum atomic E-state index is -0.284. The number of rotatable bonds is 3. The van der Waals surface area contributed by atoms with Crippen molar-refractivity contribution in [3.63, 3.8) is 0 Å². The van der Waals surface area contributed by atoms with Crippen molar-refractivity contribution in [2.75, 3.05) is 12.3 Å². The number of carbonyl (C=O) groups is 2. The first-order valence-electron chi connectivity index (χ1n) is 6.86. The fraction of sp³-hybridized carbons (Fsp3) is 0.267. The lowest BCUT2D eigenvalue weighted by atomic mass is 10.1. The number of hydrogen-bond acceptors (Lipinski definition) is 4. The van der Waals surface area contributed by atoms with Crippen LogP contribution < -0.4 is 16.4 Å². The highest BCUT2D eigenvalue weighted by atomic mass is 16.2. The van der Waals surface area contributed by atoms with Gasteiger partial charge in [0.1, 0.15) is 5.69 Å². The van der Waals surface area contributed by atoms with E-state index in [0.29, 0.717) is 24.2 Å². The topological polar surface area (TPSA) is 97.1 Å². The molecule has 2 aromatic rings. The molecule has 1 aromatic heterocycles. The number of hydrogen-bond donors (Lipinski definition) is 3. The zero-order valence-corrected chi connectivity index (χ0v) is 11.4. The molecule has 1 aliphatic heterocycles. The zero-order chi connectivity index (χ0) is 14.8. The van der Waals surface area contributed by atoms with E-state index in [9.17, 15) is 9.59 Å². The largest absolute Gasteiger partial charge is 0.398 e. The summed E-state index contributed by atoms with van der Waals surface area (Å²) in [5, 5.41) is 6.42. The molecule has 1 saturated heterocycles. The Morgan fingerprint density at radius 3 is 3.00 bits per heavy atom. The van der Waals surface area contributed by atoms with Crippen molar-refractivity contribution >= 4 is 28.4 Å². The third-order valence-corrected chi connectivity index (χ3v) is 3.57. The number of nitrogens with one attached hydrogen (secondary N) is 2. The molecule has 108 valence electrons. The Labute approximate surface area is 121 Å². The number of nitrogens with two attached hydrogens (primary N) is 1. The zero-order valence-electron chi connectivity index (χ0n) is 11.4. The number of pyridine rings is 1. The highest BCUT2D eigenvalue weighted by molar-refractivity contribution is 5.99. The summed E-state index contributed by atoms with van der Waals surface area (Å²) in [7, 11) is 0. The van der Waals surface area contributed by atoms with Crippen LogP contribution in [0.5, 0.6) is 0 Å². The van der Waals surface area contributed by atoms with Crippen LogP contribution in [0.1, 0.15) is 23.3 Å². The number of amides is 2. The van der Waals surface area contributed by atoms with Crippen LogP contribution in [0.25, 0.3) is 10.9 Å². The maximum Gasteiger partial charge on any atom is 0.270 e. The van der Waals surface area contributed by atoms with Gasteiger partial charge in [0.2, 0.25) is 5.91 Å². The Morgan fingerprint density at radius 1 is 1.43 bits per heavy atom. The predicted molar refractivity (Wildman–Crippen MR) is 79.7 cm³/mol. The average molecular weight is 284 g/mol. The fourth-order valence-corrected chi connectivity index (χ4v) is 2.46. The molecule has 0 spiro atoms. The molecule has 1 aliphatic rings. The number of nitrogens with zero attached hydrogens (tertiary/aromatic N) is 1. The van der Waals surface area contributed by atoms with Crippen molar-refractivity contribution in [2.24, 2.45) is 0 Å². The van der Waals surface area contributed by atoms with Gasteiger partial charge < -0.3 is 16.4 Å². The summed E-state index contributed by atoms with van der Waals surface area (Å²) in [4.78, 5) is 27.6. The normalized spacial score (nSPS) is 17.7. The number of fused-ring (bicyclic) bond motifs is 1. The molecule has 0 bridgehead atoms. The standard InChI is InChI=1S/C15H16N4O2/c16-11-7-13(19-12-4-2-1-3-10(11)12)15(21)17-8-9-5-6-14(20)18-9/h1-4,7,9H,5-6,8H2,(H2,16,19)(H,17,21)(H,18,20). The number of nitrogen functional groups attached to an aromatic ring is 1. The molecule has 0 saturated carbocycles. The maximum absolute atomic E-state index is 12.1. The van der Waals surface area contributed by atoms with Crippen molar-refractivity contribution in [1.82, 2.24) is 15.6 Å². The first-order valence-corrected chi connectivity index (χ1v) is 6.86. The smallest absolute Gasteiger partial charge is 0.270 e. The summed E-state index contributed by atoms with van der Waals surface area (Å²) in [6.45, 7) is 0.402. The molecule has 2 amide bonds. The summed E-state index contributed by atoms with van der Waals surface area (Å²) in [6, 6.07) is 8.99. The Kier molecular flexibility index (Phi) is 3.43. The van der Waals surface area contributed by atoms with E-state index in [1.54, 1.807) is 6.07 Å². The summed E-state index contributed by atoms with van der Waals surface area (Å²) in [5.41, 5.74) is 7.46. The van der Waals surface area contributed by atoms with E-state index < -0.39 is 0 Å². The molecule has 21 heavy (non-hydrogen) atoms. The van der Waals surface area contributed by atoms with Crippen molar-refractivity contribution < 1.29 is 9.59 Å². The SMILES string of the molecule is Nc1cc(C(=O)NCC2CCC(=O)N2)nc2ccccc12. The molecule has 1 fully saturated rings. The van der Waals surface area contributed by atoms with E-state index in [2.05, 4.69) is 15.6 Å². The lowest BCUT2D eigenvalue weighted by Crippen LogP contribution is -2.38. The molecular formula is C15H16N4O2. The molecule has 3 rings (SSSR count). The molecule has 0 radical (unpaired) electrons. The Balaban J connectivity index is 1.74. The van der Waals surface area contributed by atoms with Crippen LogP contribution in [0.2, 0.25) is 0 Å². The van der Waals surface area contributed by atoms with Crippen molar-refractivity contribution in [3.8, 4) is 0 Å². The molecule has 1 aromatic carbocycles. The second-order valence-corrected chi connectivity index (χ2v) is 5.13. The van der Waals surface area contributed by atoms with E-state index in [4.69, 9.17) is 5.73 Å². The van der Waals surface area contributed by atoms with E-state index in [1.165, 1.54) is 0 Å². The van der Waals surface area contributed by atoms with Gasteiger partial charge in [-0.25, -0.2) is 4.98 Å². The van der Waals surface area contributed by atoms with Crippen LogP contribution in [0.15, 0.2) is 30.3 Å². The predicted octanol–water partition coefficient (Wildman–Crippen LogP) is 0.825. The van der Waals surface area contributed by atoms with Gasteiger partial charge in [0.25, 0.3) is 5.91 Å². The summed E-state index contributed by atoms with van der Waals surface area (Å²) >= 11 is 0. The third-order valence-electron chi connectivity index (χ3n) is 3.57. The molecule has 6 heteroatoms. The van der Waals surface area contributed by atoms with E-state index in [1.807, 2.05) is 24.3 Å². The molecule has 0 aliphatic carbocycles. The van der Waals surface area contributed by atoms with Gasteiger partial charge in [-0.2, -0.15) is 0 Å². The molecule has 6 nitrogen and oxygen atoms in total. The number of carbonyl (C=O) groups excluding carboxylic acids is 2. The van der Waals surface area contributed by atoms with Crippen molar-refractivity contribution in [2.45, 2.75) is 18.9 Å². The van der Waals surface area contributed by atoms with Gasteiger partial charge in [0.05, 0.1) is 5.52 Å². The number of benzene rings is 1. The van der Waals surface area contributed by atoms with Crippen molar-refractivity contribution in [1.29, 1.82) is 0 Å². The Morgan fingerprint density at radius 2 is 2.24 bits per heavy atom. The highest BCUT2D eigenvalue weighted by Gasteiger charge is 2.21. The minimum Gasteiger partial charge on any atom is -0.398 e. The van der Waals surface area contributed by atoms with Gasteiger partial charge in [-0.3, -0.25) is 9.59 Å². The quantitative estimate of drug-likeness (QED) is 0.777. The lowest BCUT2D eigenvalue weighted by Gasteiger charge is -2.11. The average Bonchev–Trinajstić information content (AvgIpc) is 2.90. The van der Waals surface area contributed by atoms with Gasteiger partial charge in [0.15, 0.2) is 0 Å². The van der Waals surface area contributed by atoms with Crippen LogP contribution in [0, 0.1) is 0 Å². The van der Waals surface area contributed by atoms with E-state index >= 15 is 0 Å². The first kappa shape index (κ1) is 13.4. The van der Waals surface area contributed by atoms with Crippen LogP contribution >= 0.6 is 0 Å². The first-order chi connectivity index (χ1) is 10.1. The van der Waals surface area contributed by atoms with Gasteiger partial charge in [-0.05, 0) is 18.6 Å². The number of para-hydroxylation sites is 1. The third kappa shape index (κ3) is 2.79. The molecule has 1 unspecified atom stereocenters. The van der Waals surface area contributed by atoms with Gasteiger partial charge in [0, 0.05) is 30.1 Å². The lowest BCUT2D eigenvalue weighted by molar-refractivity contribution is -0.119. The van der Waals surface area contributed by atoms with Gasteiger partial charge in [-0.15, -0.1) is 0 Å². The van der Waals surface area contributed by atoms with Gasteiger partial charge >= 0.3 is 0 Å². The number of anilines is 1. The monoisotopic (exact) mass is 284 g/mol. The summed E-state index contributed by atoms with van der Waals surface area (Å²) in [6.07, 6.45) is 1.26. The van der Waals surface area contributed by atoms with Crippen LogP contribution in [-0.2, 0) is 4.79 Å². The molecule has 2 heterocycles. The van der Waals surface area contributed by atoms with E-state index in [0.717, 1.165) is 11.8 Å². The summed E-state index contributed by atoms with van der Waals surface area (Å²) in [5.74, 6) is -0.254. The fourth-order valence-electron chi connectivity index (χ4n) is 2.46. The molecular weight excluding hydrogens is 268 g/mol. The molecule has 4 N–H and O–H groups in total. The minimum absolute atomic E-state index is 0.000691. The van der Waals surface area contributed by atoms with Crippen LogP contribution in [0.3, 0.4) is 0 Å². The van der Waals surface area contributed by atoms with E-state index in [-0.39, 0.29) is 23.6 Å². The Hall–Kier alpha value is -2.63.